The van der Waals surface area contributed by atoms with Crippen molar-refractivity contribution in [1.82, 2.24) is 20.4 Å². The molecule has 3 aromatic heterocycles. The van der Waals surface area contributed by atoms with E-state index in [2.05, 4.69) is 25.5 Å². The van der Waals surface area contributed by atoms with E-state index in [9.17, 15) is 4.79 Å². The van der Waals surface area contributed by atoms with Crippen LogP contribution in [0.4, 0.5) is 0 Å². The van der Waals surface area contributed by atoms with Gasteiger partial charge in [-0.1, -0.05) is 18.2 Å². The molecule has 0 fully saturated rings. The monoisotopic (exact) mass is 367 g/mol. The number of carbonyl (C=O) groups excluding carboxylic acids is 1. The Balaban J connectivity index is 1.72. The molecule has 1 aromatic carbocycles. The Bertz CT molecular complexity index is 1160. The van der Waals surface area contributed by atoms with Gasteiger partial charge in [0.25, 0.3) is 5.91 Å². The van der Waals surface area contributed by atoms with Gasteiger partial charge in [0.1, 0.15) is 0 Å². The number of amides is 1. The van der Waals surface area contributed by atoms with Crippen molar-refractivity contribution in [3.63, 3.8) is 0 Å². The van der Waals surface area contributed by atoms with Crippen molar-refractivity contribution in [3.05, 3.63) is 90.5 Å². The number of para-hydroxylation sites is 1. The Hall–Kier alpha value is -3.93. The molecule has 0 saturated carbocycles. The summed E-state index contributed by atoms with van der Waals surface area (Å²) in [7, 11) is 0. The largest absolute Gasteiger partial charge is 0.272 e. The van der Waals surface area contributed by atoms with Crippen LogP contribution >= 0.6 is 0 Å². The van der Waals surface area contributed by atoms with E-state index in [0.29, 0.717) is 17.0 Å². The number of benzene rings is 1. The number of nitrogens with zero attached hydrogens (tertiary/aromatic N) is 4. The highest BCUT2D eigenvalue weighted by Gasteiger charge is 2.13. The van der Waals surface area contributed by atoms with Crippen LogP contribution < -0.4 is 5.43 Å². The first-order valence-corrected chi connectivity index (χ1v) is 8.77. The molecule has 28 heavy (non-hydrogen) atoms. The van der Waals surface area contributed by atoms with Gasteiger partial charge in [0.05, 0.1) is 22.5 Å². The third-order valence-corrected chi connectivity index (χ3v) is 4.36. The number of rotatable bonds is 4. The van der Waals surface area contributed by atoms with Crippen LogP contribution in [0.15, 0.2) is 84.5 Å². The lowest BCUT2D eigenvalue weighted by atomic mass is 10.0. The molecule has 0 aliphatic carbocycles. The van der Waals surface area contributed by atoms with Gasteiger partial charge < -0.3 is 0 Å². The Kier molecular flexibility index (Phi) is 4.84. The number of carbonyl (C=O) groups is 1. The highest BCUT2D eigenvalue weighted by molar-refractivity contribution is 6.08. The molecular weight excluding hydrogens is 350 g/mol. The Morgan fingerprint density at radius 3 is 2.36 bits per heavy atom. The molecule has 4 rings (SSSR count). The average Bonchev–Trinajstić information content (AvgIpc) is 2.77. The van der Waals surface area contributed by atoms with Gasteiger partial charge >= 0.3 is 0 Å². The molecule has 1 amide bonds. The summed E-state index contributed by atoms with van der Waals surface area (Å²) >= 11 is 0. The van der Waals surface area contributed by atoms with E-state index in [-0.39, 0.29) is 5.91 Å². The number of hydrogen-bond acceptors (Lipinski definition) is 5. The van der Waals surface area contributed by atoms with Crippen molar-refractivity contribution >= 4 is 22.5 Å². The van der Waals surface area contributed by atoms with E-state index in [1.165, 1.54) is 0 Å². The summed E-state index contributed by atoms with van der Waals surface area (Å²) in [6, 6.07) is 16.8. The highest BCUT2D eigenvalue weighted by atomic mass is 16.2. The maximum Gasteiger partial charge on any atom is 0.272 e. The predicted molar refractivity (Wildman–Crippen MR) is 109 cm³/mol. The number of fused-ring (bicyclic) bond motifs is 1. The van der Waals surface area contributed by atoms with E-state index in [1.54, 1.807) is 30.9 Å². The summed E-state index contributed by atoms with van der Waals surface area (Å²) in [5, 5.41) is 5.01. The smallest absolute Gasteiger partial charge is 0.267 e. The van der Waals surface area contributed by atoms with Gasteiger partial charge in [0, 0.05) is 41.3 Å². The van der Waals surface area contributed by atoms with Gasteiger partial charge in [-0.05, 0) is 43.3 Å². The second-order valence-corrected chi connectivity index (χ2v) is 6.18. The summed E-state index contributed by atoms with van der Waals surface area (Å²) in [5.41, 5.74) is 7.12. The lowest BCUT2D eigenvalue weighted by Gasteiger charge is -2.09. The van der Waals surface area contributed by atoms with Crippen molar-refractivity contribution in [2.75, 3.05) is 0 Å². The van der Waals surface area contributed by atoms with Crippen LogP contribution in [0.2, 0.25) is 0 Å². The normalized spacial score (nSPS) is 11.4. The summed E-state index contributed by atoms with van der Waals surface area (Å²) in [6.07, 6.45) is 6.78. The standard InChI is InChI=1S/C22H17N5O/c1-15(16-6-10-23-11-7-16)26-27-22(28)19-14-21(17-8-12-24-13-9-17)25-20-5-3-2-4-18(19)20/h2-14H,1H3,(H,27,28)/b26-15+. The van der Waals surface area contributed by atoms with E-state index < -0.39 is 0 Å². The quantitative estimate of drug-likeness (QED) is 0.439. The third kappa shape index (κ3) is 3.61. The zero-order valence-corrected chi connectivity index (χ0v) is 15.2. The molecule has 0 unspecified atom stereocenters. The fourth-order valence-corrected chi connectivity index (χ4v) is 2.89. The van der Waals surface area contributed by atoms with Gasteiger partial charge in [-0.2, -0.15) is 5.10 Å². The van der Waals surface area contributed by atoms with E-state index >= 15 is 0 Å². The zero-order chi connectivity index (χ0) is 19.3. The van der Waals surface area contributed by atoms with Gasteiger partial charge in [0.15, 0.2) is 0 Å². The number of hydrazone groups is 1. The second-order valence-electron chi connectivity index (χ2n) is 6.18. The molecular formula is C22H17N5O. The minimum atomic E-state index is -0.290. The summed E-state index contributed by atoms with van der Waals surface area (Å²) < 4.78 is 0. The third-order valence-electron chi connectivity index (χ3n) is 4.36. The van der Waals surface area contributed by atoms with Crippen molar-refractivity contribution in [1.29, 1.82) is 0 Å². The van der Waals surface area contributed by atoms with Crippen LogP contribution in [0, 0.1) is 0 Å². The van der Waals surface area contributed by atoms with Crippen LogP contribution in [0.1, 0.15) is 22.8 Å². The molecule has 0 spiro atoms. The Morgan fingerprint density at radius 1 is 0.929 bits per heavy atom. The summed E-state index contributed by atoms with van der Waals surface area (Å²) in [6.45, 7) is 1.84. The van der Waals surface area contributed by atoms with Crippen molar-refractivity contribution in [2.45, 2.75) is 6.92 Å². The number of aromatic nitrogens is 3. The minimum Gasteiger partial charge on any atom is -0.267 e. The number of nitrogens with one attached hydrogen (secondary N) is 1. The summed E-state index contributed by atoms with van der Waals surface area (Å²) in [5.74, 6) is -0.290. The molecule has 0 atom stereocenters. The molecule has 3 heterocycles. The lowest BCUT2D eigenvalue weighted by molar-refractivity contribution is 0.0956. The molecule has 4 aromatic rings. The average molecular weight is 367 g/mol. The minimum absolute atomic E-state index is 0.290. The van der Waals surface area contributed by atoms with E-state index in [4.69, 9.17) is 0 Å². The van der Waals surface area contributed by atoms with Crippen molar-refractivity contribution < 1.29 is 4.79 Å². The van der Waals surface area contributed by atoms with Crippen LogP contribution in [0.3, 0.4) is 0 Å². The van der Waals surface area contributed by atoms with Crippen LogP contribution in [-0.4, -0.2) is 26.6 Å². The Morgan fingerprint density at radius 2 is 1.61 bits per heavy atom. The number of pyridine rings is 3. The second kappa shape index (κ2) is 7.75. The SMILES string of the molecule is C/C(=N\NC(=O)c1cc(-c2ccncc2)nc2ccccc12)c1ccncc1. The fourth-order valence-electron chi connectivity index (χ4n) is 2.89. The Labute approximate surface area is 162 Å². The lowest BCUT2D eigenvalue weighted by Crippen LogP contribution is -2.20. The van der Waals surface area contributed by atoms with Gasteiger partial charge in [-0.3, -0.25) is 14.8 Å². The van der Waals surface area contributed by atoms with Crippen LogP contribution in [-0.2, 0) is 0 Å². The molecule has 1 N–H and O–H groups in total. The molecule has 0 aliphatic heterocycles. The molecule has 0 aliphatic rings. The molecule has 0 radical (unpaired) electrons. The first-order chi connectivity index (χ1) is 13.7. The zero-order valence-electron chi connectivity index (χ0n) is 15.2. The number of hydrogen-bond donors (Lipinski definition) is 1. The first-order valence-electron chi connectivity index (χ1n) is 8.77. The van der Waals surface area contributed by atoms with E-state index in [1.807, 2.05) is 55.5 Å². The van der Waals surface area contributed by atoms with Crippen LogP contribution in [0.25, 0.3) is 22.2 Å². The molecule has 0 bridgehead atoms. The fraction of sp³-hybridized carbons (Fsp3) is 0.0455. The maximum absolute atomic E-state index is 12.9. The van der Waals surface area contributed by atoms with Crippen LogP contribution in [0.5, 0.6) is 0 Å². The van der Waals surface area contributed by atoms with E-state index in [0.717, 1.165) is 22.0 Å². The topological polar surface area (TPSA) is 80.1 Å². The summed E-state index contributed by atoms with van der Waals surface area (Å²) in [4.78, 5) is 25.6. The van der Waals surface area contributed by atoms with Gasteiger partial charge in [-0.25, -0.2) is 10.4 Å². The maximum atomic E-state index is 12.9. The van der Waals surface area contributed by atoms with Gasteiger partial charge in [-0.15, -0.1) is 0 Å². The van der Waals surface area contributed by atoms with Crippen molar-refractivity contribution in [2.24, 2.45) is 5.10 Å². The molecule has 136 valence electrons. The predicted octanol–water partition coefficient (Wildman–Crippen LogP) is 3.85. The molecule has 6 nitrogen and oxygen atoms in total. The molecule has 6 heteroatoms. The highest BCUT2D eigenvalue weighted by Crippen LogP contribution is 2.24. The molecule has 0 saturated heterocycles. The first kappa shape index (κ1) is 17.5. The van der Waals surface area contributed by atoms with Crippen molar-refractivity contribution in [3.8, 4) is 11.3 Å². The van der Waals surface area contributed by atoms with Gasteiger partial charge in [0.2, 0.25) is 0 Å².